The highest BCUT2D eigenvalue weighted by molar-refractivity contribution is 14.0. The molecule has 1 unspecified atom stereocenters. The zero-order valence-electron chi connectivity index (χ0n) is 18.5. The molecule has 1 aliphatic heterocycles. The summed E-state index contributed by atoms with van der Waals surface area (Å²) >= 11 is 0. The van der Waals surface area contributed by atoms with Gasteiger partial charge in [-0.1, -0.05) is 24.3 Å². The molecule has 31 heavy (non-hydrogen) atoms. The standard InChI is InChI=1S/C21H33F3N4O2.HI/c1-4-29-12-13-30-16-19-7-5-6-18(14-19)15-26-20(25-3)28-10-8-27(9-11-28)17(2)21(22,23)24;/h5-7,14,17H,4,8-13,15-16H2,1-3H3,(H,25,26);1H. The lowest BCUT2D eigenvalue weighted by atomic mass is 10.1. The number of piperazine rings is 1. The lowest BCUT2D eigenvalue weighted by Gasteiger charge is -2.39. The number of nitrogens with one attached hydrogen (secondary N) is 1. The van der Waals surface area contributed by atoms with Gasteiger partial charge in [0.15, 0.2) is 5.96 Å². The van der Waals surface area contributed by atoms with Crippen molar-refractivity contribution < 1.29 is 22.6 Å². The van der Waals surface area contributed by atoms with Crippen LogP contribution in [-0.2, 0) is 22.6 Å². The maximum atomic E-state index is 12.9. The number of ether oxygens (including phenoxy) is 2. The van der Waals surface area contributed by atoms with Gasteiger partial charge >= 0.3 is 6.18 Å². The van der Waals surface area contributed by atoms with Gasteiger partial charge in [0.05, 0.1) is 19.8 Å². The van der Waals surface area contributed by atoms with Crippen molar-refractivity contribution >= 4 is 29.9 Å². The van der Waals surface area contributed by atoms with Crippen LogP contribution in [0.4, 0.5) is 13.2 Å². The number of aliphatic imine (C=N–C) groups is 1. The first-order valence-corrected chi connectivity index (χ1v) is 10.3. The largest absolute Gasteiger partial charge is 0.403 e. The van der Waals surface area contributed by atoms with E-state index in [4.69, 9.17) is 9.47 Å². The normalized spacial score (nSPS) is 16.7. The summed E-state index contributed by atoms with van der Waals surface area (Å²) in [5.41, 5.74) is 2.17. The zero-order chi connectivity index (χ0) is 22.0. The molecule has 6 nitrogen and oxygen atoms in total. The van der Waals surface area contributed by atoms with Gasteiger partial charge in [-0.2, -0.15) is 13.2 Å². The first kappa shape index (κ1) is 27.9. The Labute approximate surface area is 200 Å². The van der Waals surface area contributed by atoms with E-state index < -0.39 is 12.2 Å². The van der Waals surface area contributed by atoms with Crippen LogP contribution in [0, 0.1) is 0 Å². The molecule has 1 aromatic carbocycles. The highest BCUT2D eigenvalue weighted by Gasteiger charge is 2.41. The SMILES string of the molecule is CCOCCOCc1cccc(CNC(=NC)N2CCN(C(C)C(F)(F)F)CC2)c1.I. The molecule has 0 bridgehead atoms. The summed E-state index contributed by atoms with van der Waals surface area (Å²) in [4.78, 5) is 7.77. The zero-order valence-corrected chi connectivity index (χ0v) is 20.8. The fraction of sp³-hybridized carbons (Fsp3) is 0.667. The molecule has 0 amide bonds. The Balaban J connectivity index is 0.00000480. The van der Waals surface area contributed by atoms with E-state index >= 15 is 0 Å². The monoisotopic (exact) mass is 558 g/mol. The number of benzene rings is 1. The molecule has 1 fully saturated rings. The smallest absolute Gasteiger partial charge is 0.379 e. The third-order valence-electron chi connectivity index (χ3n) is 5.13. The van der Waals surface area contributed by atoms with E-state index in [1.807, 2.05) is 30.0 Å². The summed E-state index contributed by atoms with van der Waals surface area (Å²) in [6.45, 7) is 7.83. The van der Waals surface area contributed by atoms with Crippen molar-refractivity contribution in [2.75, 3.05) is 53.0 Å². The second-order valence-electron chi connectivity index (χ2n) is 7.21. The number of rotatable bonds is 9. The lowest BCUT2D eigenvalue weighted by molar-refractivity contribution is -0.181. The van der Waals surface area contributed by atoms with Crippen molar-refractivity contribution in [3.05, 3.63) is 35.4 Å². The molecule has 1 atom stereocenters. The van der Waals surface area contributed by atoms with Crippen molar-refractivity contribution in [1.29, 1.82) is 0 Å². The summed E-state index contributed by atoms with van der Waals surface area (Å²) in [6.07, 6.45) is -4.19. The average Bonchev–Trinajstić information content (AvgIpc) is 2.73. The van der Waals surface area contributed by atoms with Crippen LogP contribution in [0.3, 0.4) is 0 Å². The van der Waals surface area contributed by atoms with Gasteiger partial charge in [0, 0.05) is 46.4 Å². The minimum Gasteiger partial charge on any atom is -0.379 e. The molecular formula is C21H34F3IN4O2. The molecule has 1 aromatic rings. The van der Waals surface area contributed by atoms with Gasteiger partial charge in [-0.3, -0.25) is 9.89 Å². The van der Waals surface area contributed by atoms with E-state index in [0.717, 1.165) is 11.1 Å². The third kappa shape index (κ3) is 9.50. The Bertz CT molecular complexity index is 668. The van der Waals surface area contributed by atoms with Crippen LogP contribution in [0.1, 0.15) is 25.0 Å². The second kappa shape index (κ2) is 14.1. The predicted octanol–water partition coefficient (Wildman–Crippen LogP) is 3.50. The van der Waals surface area contributed by atoms with E-state index in [9.17, 15) is 13.2 Å². The van der Waals surface area contributed by atoms with E-state index in [-0.39, 0.29) is 24.0 Å². The van der Waals surface area contributed by atoms with Crippen LogP contribution in [0.5, 0.6) is 0 Å². The fourth-order valence-corrected chi connectivity index (χ4v) is 3.32. The molecule has 1 saturated heterocycles. The van der Waals surface area contributed by atoms with Crippen LogP contribution in [0.25, 0.3) is 0 Å². The van der Waals surface area contributed by atoms with Gasteiger partial charge in [-0.15, -0.1) is 24.0 Å². The highest BCUT2D eigenvalue weighted by Crippen LogP contribution is 2.25. The van der Waals surface area contributed by atoms with Crippen molar-refractivity contribution in [2.45, 2.75) is 39.2 Å². The van der Waals surface area contributed by atoms with E-state index in [0.29, 0.717) is 65.1 Å². The number of alkyl halides is 3. The number of hydrogen-bond acceptors (Lipinski definition) is 4. The molecule has 1 N–H and O–H groups in total. The Kier molecular flexibility index (Phi) is 12.7. The molecule has 0 spiro atoms. The third-order valence-corrected chi connectivity index (χ3v) is 5.13. The van der Waals surface area contributed by atoms with Crippen molar-refractivity contribution in [3.63, 3.8) is 0 Å². The van der Waals surface area contributed by atoms with E-state index in [2.05, 4.69) is 16.4 Å². The van der Waals surface area contributed by atoms with Gasteiger partial charge in [-0.05, 0) is 25.0 Å². The molecule has 0 saturated carbocycles. The summed E-state index contributed by atoms with van der Waals surface area (Å²) in [6, 6.07) is 6.67. The van der Waals surface area contributed by atoms with Gasteiger partial charge in [0.25, 0.3) is 0 Å². The van der Waals surface area contributed by atoms with Crippen LogP contribution in [0.15, 0.2) is 29.3 Å². The van der Waals surface area contributed by atoms with Gasteiger partial charge in [0.2, 0.25) is 0 Å². The number of halogens is 4. The molecule has 2 rings (SSSR count). The Morgan fingerprint density at radius 3 is 2.39 bits per heavy atom. The Hall–Kier alpha value is -1.11. The van der Waals surface area contributed by atoms with Crippen molar-refractivity contribution in [2.24, 2.45) is 4.99 Å². The number of hydrogen-bond donors (Lipinski definition) is 1. The van der Waals surface area contributed by atoms with Gasteiger partial charge in [0.1, 0.15) is 6.04 Å². The summed E-state index contributed by atoms with van der Waals surface area (Å²) in [5, 5.41) is 3.32. The van der Waals surface area contributed by atoms with Crippen LogP contribution in [-0.4, -0.2) is 81.0 Å². The van der Waals surface area contributed by atoms with Gasteiger partial charge in [-0.25, -0.2) is 0 Å². The topological polar surface area (TPSA) is 49.3 Å². The van der Waals surface area contributed by atoms with Gasteiger partial charge < -0.3 is 19.7 Å². The second-order valence-corrected chi connectivity index (χ2v) is 7.21. The minimum atomic E-state index is -4.19. The van der Waals surface area contributed by atoms with Crippen LogP contribution < -0.4 is 5.32 Å². The predicted molar refractivity (Wildman–Crippen MR) is 127 cm³/mol. The first-order valence-electron chi connectivity index (χ1n) is 10.3. The summed E-state index contributed by atoms with van der Waals surface area (Å²) < 4.78 is 49.6. The quantitative estimate of drug-likeness (QED) is 0.218. The molecule has 10 heteroatoms. The van der Waals surface area contributed by atoms with Crippen molar-refractivity contribution in [1.82, 2.24) is 15.1 Å². The van der Waals surface area contributed by atoms with E-state index in [1.165, 1.54) is 11.8 Å². The molecule has 178 valence electrons. The Morgan fingerprint density at radius 1 is 1.13 bits per heavy atom. The summed E-state index contributed by atoms with van der Waals surface area (Å²) in [5.74, 6) is 0.702. The molecule has 0 aromatic heterocycles. The van der Waals surface area contributed by atoms with E-state index in [1.54, 1.807) is 7.05 Å². The first-order chi connectivity index (χ1) is 14.3. The van der Waals surface area contributed by atoms with Crippen molar-refractivity contribution in [3.8, 4) is 0 Å². The van der Waals surface area contributed by atoms with Crippen LogP contribution in [0.2, 0.25) is 0 Å². The fourth-order valence-electron chi connectivity index (χ4n) is 3.32. The number of nitrogens with zero attached hydrogens (tertiary/aromatic N) is 3. The molecule has 1 aliphatic rings. The number of guanidine groups is 1. The maximum absolute atomic E-state index is 12.9. The minimum absolute atomic E-state index is 0. The lowest BCUT2D eigenvalue weighted by Crippen LogP contribution is -2.56. The molecule has 0 radical (unpaired) electrons. The molecule has 0 aliphatic carbocycles. The maximum Gasteiger partial charge on any atom is 0.403 e. The Morgan fingerprint density at radius 2 is 1.77 bits per heavy atom. The molecular weight excluding hydrogens is 524 g/mol. The molecule has 1 heterocycles. The average molecular weight is 558 g/mol. The van der Waals surface area contributed by atoms with Crippen LogP contribution >= 0.6 is 24.0 Å². The summed E-state index contributed by atoms with van der Waals surface area (Å²) in [7, 11) is 1.69. The highest BCUT2D eigenvalue weighted by atomic mass is 127.